The van der Waals surface area contributed by atoms with Crippen LogP contribution in [0.25, 0.3) is 0 Å². The molecular formula is C19H28FN3O3. The van der Waals surface area contributed by atoms with Gasteiger partial charge in [-0.15, -0.1) is 0 Å². The molecule has 2 saturated heterocycles. The molecule has 3 rings (SSSR count). The normalized spacial score (nSPS) is 25.2. The SMILES string of the molecule is O=C(CN1CCCN([C@H]2COC[C@@H]2O)CC1)NCCc1ccc(F)cc1. The summed E-state index contributed by atoms with van der Waals surface area (Å²) in [4.78, 5) is 16.6. The maximum atomic E-state index is 12.9. The van der Waals surface area contributed by atoms with Crippen molar-refractivity contribution in [3.8, 4) is 0 Å². The maximum Gasteiger partial charge on any atom is 0.234 e. The van der Waals surface area contributed by atoms with E-state index in [2.05, 4.69) is 15.1 Å². The molecule has 0 radical (unpaired) electrons. The van der Waals surface area contributed by atoms with E-state index in [1.165, 1.54) is 12.1 Å². The number of rotatable bonds is 6. The van der Waals surface area contributed by atoms with Gasteiger partial charge >= 0.3 is 0 Å². The summed E-state index contributed by atoms with van der Waals surface area (Å²) < 4.78 is 18.2. The first kappa shape index (κ1) is 19.2. The van der Waals surface area contributed by atoms with Crippen LogP contribution in [0.15, 0.2) is 24.3 Å². The van der Waals surface area contributed by atoms with Crippen molar-refractivity contribution in [1.29, 1.82) is 0 Å². The van der Waals surface area contributed by atoms with Crippen molar-refractivity contribution in [2.24, 2.45) is 0 Å². The van der Waals surface area contributed by atoms with Crippen molar-refractivity contribution in [3.05, 3.63) is 35.6 Å². The minimum Gasteiger partial charge on any atom is -0.389 e. The number of hydrogen-bond donors (Lipinski definition) is 2. The van der Waals surface area contributed by atoms with Crippen LogP contribution < -0.4 is 5.32 Å². The Morgan fingerprint density at radius 1 is 1.19 bits per heavy atom. The predicted octanol–water partition coefficient (Wildman–Crippen LogP) is 0.252. The summed E-state index contributed by atoms with van der Waals surface area (Å²) in [6.07, 6.45) is 1.27. The fourth-order valence-electron chi connectivity index (χ4n) is 3.62. The number of aliphatic hydroxyl groups is 1. The highest BCUT2D eigenvalue weighted by Gasteiger charge is 2.32. The van der Waals surface area contributed by atoms with Crippen LogP contribution in [0.4, 0.5) is 4.39 Å². The Morgan fingerprint density at radius 2 is 2.00 bits per heavy atom. The number of nitrogens with one attached hydrogen (secondary N) is 1. The third-order valence-corrected chi connectivity index (χ3v) is 5.13. The topological polar surface area (TPSA) is 65.0 Å². The van der Waals surface area contributed by atoms with E-state index in [0.29, 0.717) is 32.7 Å². The Bertz CT molecular complexity index is 584. The molecule has 0 spiro atoms. The second-order valence-corrected chi connectivity index (χ2v) is 7.06. The molecule has 144 valence electrons. The van der Waals surface area contributed by atoms with Gasteiger partial charge in [-0.25, -0.2) is 4.39 Å². The number of amides is 1. The number of carbonyl (C=O) groups is 1. The predicted molar refractivity (Wildman–Crippen MR) is 96.4 cm³/mol. The molecule has 6 nitrogen and oxygen atoms in total. The summed E-state index contributed by atoms with van der Waals surface area (Å²) >= 11 is 0. The Morgan fingerprint density at radius 3 is 2.73 bits per heavy atom. The molecule has 2 N–H and O–H groups in total. The third kappa shape index (κ3) is 5.48. The Balaban J connectivity index is 1.37. The van der Waals surface area contributed by atoms with E-state index in [0.717, 1.165) is 38.2 Å². The van der Waals surface area contributed by atoms with Gasteiger partial charge in [0, 0.05) is 19.6 Å². The summed E-state index contributed by atoms with van der Waals surface area (Å²) in [7, 11) is 0. The number of aliphatic hydroxyl groups excluding tert-OH is 1. The van der Waals surface area contributed by atoms with Crippen LogP contribution in [0.1, 0.15) is 12.0 Å². The van der Waals surface area contributed by atoms with Crippen molar-refractivity contribution < 1.29 is 19.0 Å². The highest BCUT2D eigenvalue weighted by Crippen LogP contribution is 2.15. The van der Waals surface area contributed by atoms with Crippen LogP contribution in [0.2, 0.25) is 0 Å². The summed E-state index contributed by atoms with van der Waals surface area (Å²) in [6, 6.07) is 6.44. The van der Waals surface area contributed by atoms with Crippen molar-refractivity contribution in [2.45, 2.75) is 25.0 Å². The van der Waals surface area contributed by atoms with Crippen molar-refractivity contribution in [2.75, 3.05) is 52.5 Å². The summed E-state index contributed by atoms with van der Waals surface area (Å²) in [6.45, 7) is 5.41. The molecule has 2 atom stereocenters. The monoisotopic (exact) mass is 365 g/mol. The molecular weight excluding hydrogens is 337 g/mol. The van der Waals surface area contributed by atoms with E-state index in [9.17, 15) is 14.3 Å². The molecule has 0 bridgehead atoms. The van der Waals surface area contributed by atoms with E-state index in [1.54, 1.807) is 12.1 Å². The highest BCUT2D eigenvalue weighted by atomic mass is 19.1. The molecule has 2 heterocycles. The first-order valence-electron chi connectivity index (χ1n) is 9.35. The van der Waals surface area contributed by atoms with Crippen LogP contribution in [-0.2, 0) is 16.0 Å². The molecule has 0 aromatic heterocycles. The molecule has 0 unspecified atom stereocenters. The quantitative estimate of drug-likeness (QED) is 0.757. The minimum atomic E-state index is -0.406. The summed E-state index contributed by atoms with van der Waals surface area (Å²) in [5.74, 6) is -0.227. The van der Waals surface area contributed by atoms with E-state index in [-0.39, 0.29) is 17.8 Å². The molecule has 7 heteroatoms. The van der Waals surface area contributed by atoms with Gasteiger partial charge in [-0.2, -0.15) is 0 Å². The molecule has 2 aliphatic rings. The Hall–Kier alpha value is -1.54. The van der Waals surface area contributed by atoms with E-state index in [1.807, 2.05) is 0 Å². The van der Waals surface area contributed by atoms with E-state index < -0.39 is 6.10 Å². The lowest BCUT2D eigenvalue weighted by atomic mass is 10.1. The van der Waals surface area contributed by atoms with E-state index in [4.69, 9.17) is 4.74 Å². The van der Waals surface area contributed by atoms with Gasteiger partial charge in [0.2, 0.25) is 5.91 Å². The van der Waals surface area contributed by atoms with Gasteiger partial charge in [0.15, 0.2) is 0 Å². The first-order chi connectivity index (χ1) is 12.6. The fourth-order valence-corrected chi connectivity index (χ4v) is 3.62. The first-order valence-corrected chi connectivity index (χ1v) is 9.35. The molecule has 0 aliphatic carbocycles. The standard InChI is InChI=1S/C19H28FN3O3/c20-16-4-2-15(3-5-16)6-7-21-19(25)12-22-8-1-9-23(11-10-22)17-13-26-14-18(17)24/h2-5,17-18,24H,1,6-14H2,(H,21,25)/t17-,18-/m0/s1. The number of nitrogens with zero attached hydrogens (tertiary/aromatic N) is 2. The number of carbonyl (C=O) groups excluding carboxylic acids is 1. The van der Waals surface area contributed by atoms with Crippen LogP contribution in [0, 0.1) is 5.82 Å². The highest BCUT2D eigenvalue weighted by molar-refractivity contribution is 5.78. The average molecular weight is 365 g/mol. The Kier molecular flexibility index (Phi) is 6.96. The number of hydrogen-bond acceptors (Lipinski definition) is 5. The number of benzene rings is 1. The van der Waals surface area contributed by atoms with Gasteiger partial charge in [-0.05, 0) is 43.6 Å². The largest absolute Gasteiger partial charge is 0.389 e. The third-order valence-electron chi connectivity index (χ3n) is 5.13. The lowest BCUT2D eigenvalue weighted by Crippen LogP contribution is -2.45. The van der Waals surface area contributed by atoms with Crippen LogP contribution >= 0.6 is 0 Å². The average Bonchev–Trinajstić information content (AvgIpc) is 2.92. The van der Waals surface area contributed by atoms with Crippen molar-refractivity contribution in [1.82, 2.24) is 15.1 Å². The molecule has 2 aliphatic heterocycles. The van der Waals surface area contributed by atoms with Gasteiger partial charge in [-0.3, -0.25) is 14.6 Å². The lowest BCUT2D eigenvalue weighted by molar-refractivity contribution is -0.122. The second-order valence-electron chi connectivity index (χ2n) is 7.06. The zero-order valence-electron chi connectivity index (χ0n) is 15.1. The van der Waals surface area contributed by atoms with Gasteiger partial charge in [0.05, 0.1) is 31.9 Å². The smallest absolute Gasteiger partial charge is 0.234 e. The zero-order valence-corrected chi connectivity index (χ0v) is 15.1. The minimum absolute atomic E-state index is 0.0183. The van der Waals surface area contributed by atoms with Gasteiger partial charge in [0.25, 0.3) is 0 Å². The van der Waals surface area contributed by atoms with Gasteiger partial charge in [-0.1, -0.05) is 12.1 Å². The fraction of sp³-hybridized carbons (Fsp3) is 0.632. The van der Waals surface area contributed by atoms with Crippen LogP contribution in [-0.4, -0.2) is 85.4 Å². The Labute approximate surface area is 153 Å². The number of halogens is 1. The van der Waals surface area contributed by atoms with E-state index >= 15 is 0 Å². The number of ether oxygens (including phenoxy) is 1. The summed E-state index contributed by atoms with van der Waals surface area (Å²) in [5.41, 5.74) is 1.01. The van der Waals surface area contributed by atoms with Crippen molar-refractivity contribution in [3.63, 3.8) is 0 Å². The molecule has 1 amide bonds. The molecule has 26 heavy (non-hydrogen) atoms. The van der Waals surface area contributed by atoms with Crippen LogP contribution in [0.3, 0.4) is 0 Å². The van der Waals surface area contributed by atoms with Crippen molar-refractivity contribution >= 4 is 5.91 Å². The summed E-state index contributed by atoms with van der Waals surface area (Å²) in [5, 5.41) is 12.9. The van der Waals surface area contributed by atoms with Crippen LogP contribution in [0.5, 0.6) is 0 Å². The molecule has 2 fully saturated rings. The van der Waals surface area contributed by atoms with Gasteiger partial charge < -0.3 is 15.2 Å². The lowest BCUT2D eigenvalue weighted by Gasteiger charge is -2.28. The molecule has 0 saturated carbocycles. The molecule has 1 aromatic carbocycles. The second kappa shape index (κ2) is 9.41. The zero-order chi connectivity index (χ0) is 18.4. The maximum absolute atomic E-state index is 12.9. The van der Waals surface area contributed by atoms with Gasteiger partial charge in [0.1, 0.15) is 5.82 Å². The molecule has 1 aromatic rings.